The smallest absolute Gasteiger partial charge is 0.250 e. The van der Waals surface area contributed by atoms with Crippen molar-refractivity contribution in [3.8, 4) is 0 Å². The largest absolute Gasteiger partial charge is 0.330 e. The van der Waals surface area contributed by atoms with Gasteiger partial charge >= 0.3 is 0 Å². The van der Waals surface area contributed by atoms with Crippen molar-refractivity contribution in [2.75, 3.05) is 19.6 Å². The number of hydrogen-bond donors (Lipinski definition) is 1. The number of nitrogens with two attached hydrogens (primary N) is 1. The predicted octanol–water partition coefficient (Wildman–Crippen LogP) is 0.517. The summed E-state index contributed by atoms with van der Waals surface area (Å²) in [4.78, 5) is 14.0. The minimum absolute atomic E-state index is 0.0784. The molecule has 0 saturated carbocycles. The maximum absolute atomic E-state index is 11.6. The van der Waals surface area contributed by atoms with Crippen LogP contribution in [0.5, 0.6) is 0 Å². The predicted molar refractivity (Wildman–Crippen MR) is 68.9 cm³/mol. The third kappa shape index (κ3) is 2.96. The van der Waals surface area contributed by atoms with Crippen LogP contribution in [0.25, 0.3) is 0 Å². The molecule has 2 heterocycles. The van der Waals surface area contributed by atoms with Crippen LogP contribution >= 0.6 is 0 Å². The van der Waals surface area contributed by atoms with Gasteiger partial charge in [-0.05, 0) is 31.9 Å². The van der Waals surface area contributed by atoms with Gasteiger partial charge in [0.2, 0.25) is 0 Å². The van der Waals surface area contributed by atoms with Gasteiger partial charge in [-0.25, -0.2) is 0 Å². The number of aromatic nitrogens is 1. The minimum Gasteiger partial charge on any atom is -0.330 e. The Kier molecular flexibility index (Phi) is 3.97. The van der Waals surface area contributed by atoms with Gasteiger partial charge in [0, 0.05) is 37.9 Å². The normalized spacial score (nSPS) is 25.3. The number of pyridine rings is 1. The van der Waals surface area contributed by atoms with Crippen molar-refractivity contribution >= 4 is 0 Å². The Hall–Kier alpha value is -1.13. The van der Waals surface area contributed by atoms with E-state index in [1.165, 1.54) is 6.42 Å². The standard InChI is InChI=1S/C13H21N3O/c1-11-8-12(9-14)10-16(11)7-6-15-5-3-2-4-13(15)17/h2-5,11-12H,6-10,14H2,1H3. The van der Waals surface area contributed by atoms with Crippen LogP contribution in [0.1, 0.15) is 13.3 Å². The van der Waals surface area contributed by atoms with Crippen LogP contribution in [0, 0.1) is 5.92 Å². The van der Waals surface area contributed by atoms with E-state index in [1.54, 1.807) is 16.7 Å². The Morgan fingerprint density at radius 3 is 2.88 bits per heavy atom. The zero-order valence-corrected chi connectivity index (χ0v) is 10.4. The van der Waals surface area contributed by atoms with Gasteiger partial charge in [0.1, 0.15) is 0 Å². The first-order chi connectivity index (χ1) is 8.20. The maximum Gasteiger partial charge on any atom is 0.250 e. The molecule has 1 aromatic rings. The van der Waals surface area contributed by atoms with Gasteiger partial charge in [-0.2, -0.15) is 0 Å². The summed E-state index contributed by atoms with van der Waals surface area (Å²) in [7, 11) is 0. The van der Waals surface area contributed by atoms with E-state index < -0.39 is 0 Å². The summed E-state index contributed by atoms with van der Waals surface area (Å²) < 4.78 is 1.77. The maximum atomic E-state index is 11.6. The van der Waals surface area contributed by atoms with Crippen molar-refractivity contribution in [2.24, 2.45) is 11.7 Å². The first-order valence-corrected chi connectivity index (χ1v) is 6.30. The molecule has 1 aliphatic heterocycles. The Morgan fingerprint density at radius 1 is 1.41 bits per heavy atom. The molecule has 17 heavy (non-hydrogen) atoms. The molecule has 1 saturated heterocycles. The van der Waals surface area contributed by atoms with Crippen molar-refractivity contribution in [3.63, 3.8) is 0 Å². The molecule has 2 rings (SSSR count). The average molecular weight is 235 g/mol. The lowest BCUT2D eigenvalue weighted by molar-refractivity contribution is 0.252. The van der Waals surface area contributed by atoms with Crippen LogP contribution in [-0.2, 0) is 6.54 Å². The molecular weight excluding hydrogens is 214 g/mol. The summed E-state index contributed by atoms with van der Waals surface area (Å²) >= 11 is 0. The van der Waals surface area contributed by atoms with Crippen LogP contribution in [0.2, 0.25) is 0 Å². The van der Waals surface area contributed by atoms with Crippen LogP contribution in [-0.4, -0.2) is 35.1 Å². The van der Waals surface area contributed by atoms with E-state index in [0.29, 0.717) is 12.0 Å². The van der Waals surface area contributed by atoms with Crippen molar-refractivity contribution in [1.82, 2.24) is 9.47 Å². The zero-order valence-electron chi connectivity index (χ0n) is 10.4. The van der Waals surface area contributed by atoms with Gasteiger partial charge in [0.15, 0.2) is 0 Å². The Labute approximate surface area is 102 Å². The van der Waals surface area contributed by atoms with Gasteiger partial charge in [0.05, 0.1) is 0 Å². The van der Waals surface area contributed by atoms with Crippen LogP contribution < -0.4 is 11.3 Å². The molecule has 0 bridgehead atoms. The SMILES string of the molecule is CC1CC(CN)CN1CCn1ccccc1=O. The van der Waals surface area contributed by atoms with Crippen molar-refractivity contribution in [1.29, 1.82) is 0 Å². The van der Waals surface area contributed by atoms with Gasteiger partial charge < -0.3 is 10.3 Å². The molecule has 0 spiro atoms. The van der Waals surface area contributed by atoms with Crippen LogP contribution in [0.4, 0.5) is 0 Å². The fourth-order valence-electron chi connectivity index (χ4n) is 2.58. The third-order valence-electron chi connectivity index (χ3n) is 3.65. The number of hydrogen-bond acceptors (Lipinski definition) is 3. The summed E-state index contributed by atoms with van der Waals surface area (Å²) in [6.07, 6.45) is 3.03. The third-order valence-corrected chi connectivity index (χ3v) is 3.65. The molecule has 2 N–H and O–H groups in total. The van der Waals surface area contributed by atoms with Crippen molar-refractivity contribution in [3.05, 3.63) is 34.7 Å². The number of nitrogens with zero attached hydrogens (tertiary/aromatic N) is 2. The second-order valence-electron chi connectivity index (χ2n) is 4.91. The number of likely N-dealkylation sites (tertiary alicyclic amines) is 1. The summed E-state index contributed by atoms with van der Waals surface area (Å²) in [5.74, 6) is 0.623. The van der Waals surface area contributed by atoms with E-state index in [9.17, 15) is 4.79 Å². The Bertz CT molecular complexity index is 415. The van der Waals surface area contributed by atoms with E-state index in [2.05, 4.69) is 11.8 Å². The monoisotopic (exact) mass is 235 g/mol. The lowest BCUT2D eigenvalue weighted by atomic mass is 10.1. The van der Waals surface area contributed by atoms with E-state index in [4.69, 9.17) is 5.73 Å². The minimum atomic E-state index is 0.0784. The highest BCUT2D eigenvalue weighted by Crippen LogP contribution is 2.21. The molecular formula is C13H21N3O. The van der Waals surface area contributed by atoms with E-state index in [1.807, 2.05) is 12.3 Å². The topological polar surface area (TPSA) is 51.3 Å². The average Bonchev–Trinajstić information content (AvgIpc) is 2.69. The van der Waals surface area contributed by atoms with E-state index in [0.717, 1.165) is 26.2 Å². The molecule has 2 atom stereocenters. The molecule has 4 nitrogen and oxygen atoms in total. The van der Waals surface area contributed by atoms with Gasteiger partial charge in [-0.1, -0.05) is 6.07 Å². The van der Waals surface area contributed by atoms with Gasteiger partial charge in [0.25, 0.3) is 5.56 Å². The lowest BCUT2D eigenvalue weighted by Crippen LogP contribution is -2.33. The molecule has 94 valence electrons. The fourth-order valence-corrected chi connectivity index (χ4v) is 2.58. The second-order valence-corrected chi connectivity index (χ2v) is 4.91. The molecule has 0 aromatic carbocycles. The van der Waals surface area contributed by atoms with Crippen LogP contribution in [0.15, 0.2) is 29.2 Å². The van der Waals surface area contributed by atoms with E-state index >= 15 is 0 Å². The highest BCUT2D eigenvalue weighted by Gasteiger charge is 2.27. The zero-order chi connectivity index (χ0) is 12.3. The molecule has 0 aliphatic carbocycles. The quantitative estimate of drug-likeness (QED) is 0.827. The molecule has 0 radical (unpaired) electrons. The van der Waals surface area contributed by atoms with Crippen molar-refractivity contribution < 1.29 is 0 Å². The second kappa shape index (κ2) is 5.47. The van der Waals surface area contributed by atoms with Gasteiger partial charge in [-0.3, -0.25) is 9.69 Å². The molecule has 0 amide bonds. The first kappa shape index (κ1) is 12.3. The summed E-state index contributed by atoms with van der Waals surface area (Å²) in [5, 5.41) is 0. The molecule has 4 heteroatoms. The number of rotatable bonds is 4. The van der Waals surface area contributed by atoms with Crippen molar-refractivity contribution in [2.45, 2.75) is 25.9 Å². The first-order valence-electron chi connectivity index (χ1n) is 6.30. The Balaban J connectivity index is 1.91. The lowest BCUT2D eigenvalue weighted by Gasteiger charge is -2.21. The highest BCUT2D eigenvalue weighted by atomic mass is 16.1. The summed E-state index contributed by atoms with van der Waals surface area (Å²) in [5.41, 5.74) is 5.79. The molecule has 1 aliphatic rings. The summed E-state index contributed by atoms with van der Waals surface area (Å²) in [6, 6.07) is 5.87. The van der Waals surface area contributed by atoms with Crippen LogP contribution in [0.3, 0.4) is 0 Å². The molecule has 1 aromatic heterocycles. The van der Waals surface area contributed by atoms with E-state index in [-0.39, 0.29) is 5.56 Å². The Morgan fingerprint density at radius 2 is 2.24 bits per heavy atom. The summed E-state index contributed by atoms with van der Waals surface area (Å²) in [6.45, 7) is 5.78. The van der Waals surface area contributed by atoms with Gasteiger partial charge in [-0.15, -0.1) is 0 Å². The molecule has 1 fully saturated rings. The molecule has 2 unspecified atom stereocenters. The highest BCUT2D eigenvalue weighted by molar-refractivity contribution is 4.93. The fraction of sp³-hybridized carbons (Fsp3) is 0.615.